The fourth-order valence-corrected chi connectivity index (χ4v) is 2.09. The molecule has 0 aliphatic rings. The van der Waals surface area contributed by atoms with Gasteiger partial charge in [0.2, 0.25) is 0 Å². The Morgan fingerprint density at radius 2 is 2.06 bits per heavy atom. The van der Waals surface area contributed by atoms with Crippen molar-refractivity contribution in [2.24, 2.45) is 0 Å². The first-order chi connectivity index (χ1) is 7.87. The van der Waals surface area contributed by atoms with Crippen molar-refractivity contribution in [2.45, 2.75) is 26.4 Å². The lowest BCUT2D eigenvalue weighted by Crippen LogP contribution is -2.23. The number of halogens is 1. The van der Waals surface area contributed by atoms with Crippen LogP contribution in [0.1, 0.15) is 31.1 Å². The number of carbonyl (C=O) groups is 1. The van der Waals surface area contributed by atoms with Crippen LogP contribution in [0.25, 0.3) is 10.9 Å². The lowest BCUT2D eigenvalue weighted by molar-refractivity contribution is 0.00719. The summed E-state index contributed by atoms with van der Waals surface area (Å²) in [5.41, 5.74) is 1.08. The molecule has 1 heterocycles. The van der Waals surface area contributed by atoms with Crippen molar-refractivity contribution in [3.63, 3.8) is 0 Å². The number of aromatic nitrogens is 1. The van der Waals surface area contributed by atoms with Gasteiger partial charge in [0, 0.05) is 20.7 Å². The minimum Gasteiger partial charge on any atom is -0.456 e. The van der Waals surface area contributed by atoms with E-state index in [-0.39, 0.29) is 5.97 Å². The fraction of sp³-hybridized carbons (Fsp3) is 0.308. The highest BCUT2D eigenvalue weighted by atomic mass is 127. The number of carbonyl (C=O) groups excluding carboxylic acids is 1. The number of hydrogen-bond donors (Lipinski definition) is 1. The van der Waals surface area contributed by atoms with Crippen molar-refractivity contribution in [2.75, 3.05) is 0 Å². The van der Waals surface area contributed by atoms with E-state index in [4.69, 9.17) is 4.74 Å². The van der Waals surface area contributed by atoms with Crippen molar-refractivity contribution in [3.05, 3.63) is 33.5 Å². The summed E-state index contributed by atoms with van der Waals surface area (Å²) in [5.74, 6) is -0.287. The zero-order chi connectivity index (χ0) is 12.6. The third-order valence-corrected chi connectivity index (χ3v) is 2.93. The van der Waals surface area contributed by atoms with Crippen molar-refractivity contribution in [3.8, 4) is 0 Å². The summed E-state index contributed by atoms with van der Waals surface area (Å²) < 4.78 is 6.49. The zero-order valence-electron chi connectivity index (χ0n) is 10.0. The molecular formula is C13H14INO2. The first-order valence-electron chi connectivity index (χ1n) is 5.37. The number of nitrogens with one attached hydrogen (secondary N) is 1. The van der Waals surface area contributed by atoms with Gasteiger partial charge in [0.1, 0.15) is 5.60 Å². The summed E-state index contributed by atoms with van der Waals surface area (Å²) in [4.78, 5) is 15.1. The van der Waals surface area contributed by atoms with Crippen molar-refractivity contribution < 1.29 is 9.53 Å². The number of ether oxygens (including phenoxy) is 1. The third-order valence-electron chi connectivity index (χ3n) is 2.26. The molecule has 0 aliphatic heterocycles. The largest absolute Gasteiger partial charge is 0.456 e. The molecule has 2 rings (SSSR count). The Labute approximate surface area is 114 Å². The molecule has 0 radical (unpaired) electrons. The van der Waals surface area contributed by atoms with E-state index in [0.29, 0.717) is 5.56 Å². The number of hydrogen-bond acceptors (Lipinski definition) is 2. The van der Waals surface area contributed by atoms with Crippen LogP contribution in [-0.4, -0.2) is 16.6 Å². The third kappa shape index (κ3) is 2.80. The van der Waals surface area contributed by atoms with E-state index < -0.39 is 5.60 Å². The summed E-state index contributed by atoms with van der Waals surface area (Å²) in [6.45, 7) is 5.59. The molecule has 4 heteroatoms. The Kier molecular flexibility index (Phi) is 3.16. The Bertz CT molecular complexity index is 566. The number of fused-ring (bicyclic) bond motifs is 1. The second-order valence-electron chi connectivity index (χ2n) is 4.89. The van der Waals surface area contributed by atoms with Gasteiger partial charge in [-0.25, -0.2) is 4.79 Å². The van der Waals surface area contributed by atoms with Crippen molar-refractivity contribution in [1.29, 1.82) is 0 Å². The van der Waals surface area contributed by atoms with E-state index in [1.165, 1.54) is 0 Å². The molecule has 0 fully saturated rings. The maximum atomic E-state index is 12.0. The second kappa shape index (κ2) is 4.33. The van der Waals surface area contributed by atoms with Crippen LogP contribution in [0.2, 0.25) is 0 Å². The number of aromatic amines is 1. The summed E-state index contributed by atoms with van der Waals surface area (Å²) in [5, 5.41) is 0.902. The van der Waals surface area contributed by atoms with Gasteiger partial charge in [-0.3, -0.25) is 0 Å². The minimum atomic E-state index is -0.468. The lowest BCUT2D eigenvalue weighted by Gasteiger charge is -2.19. The Hall–Kier alpha value is -1.04. The second-order valence-corrected chi connectivity index (χ2v) is 6.14. The van der Waals surface area contributed by atoms with E-state index in [0.717, 1.165) is 14.5 Å². The molecule has 0 saturated heterocycles. The van der Waals surface area contributed by atoms with Gasteiger partial charge < -0.3 is 9.72 Å². The molecule has 1 N–H and O–H groups in total. The number of benzene rings is 1. The highest BCUT2D eigenvalue weighted by Crippen LogP contribution is 2.22. The van der Waals surface area contributed by atoms with E-state index in [2.05, 4.69) is 27.6 Å². The Morgan fingerprint density at radius 3 is 2.71 bits per heavy atom. The molecule has 0 bridgehead atoms. The van der Waals surface area contributed by atoms with E-state index in [9.17, 15) is 4.79 Å². The molecule has 17 heavy (non-hydrogen) atoms. The highest BCUT2D eigenvalue weighted by Gasteiger charge is 2.20. The smallest absolute Gasteiger partial charge is 0.340 e. The quantitative estimate of drug-likeness (QED) is 0.633. The van der Waals surface area contributed by atoms with E-state index in [1.807, 2.05) is 39.0 Å². The summed E-state index contributed by atoms with van der Waals surface area (Å²) >= 11 is 2.24. The average molecular weight is 343 g/mol. The molecule has 1 aromatic carbocycles. The molecule has 3 nitrogen and oxygen atoms in total. The Morgan fingerprint density at radius 1 is 1.35 bits per heavy atom. The van der Waals surface area contributed by atoms with Crippen LogP contribution >= 0.6 is 22.6 Å². The lowest BCUT2D eigenvalue weighted by atomic mass is 10.1. The topological polar surface area (TPSA) is 42.1 Å². The molecule has 0 spiro atoms. The highest BCUT2D eigenvalue weighted by molar-refractivity contribution is 14.1. The number of H-pyrrole nitrogens is 1. The van der Waals surface area contributed by atoms with Crippen LogP contribution in [-0.2, 0) is 4.74 Å². The van der Waals surface area contributed by atoms with Gasteiger partial charge in [0.15, 0.2) is 0 Å². The van der Waals surface area contributed by atoms with Gasteiger partial charge in [-0.05, 0) is 55.5 Å². The summed E-state index contributed by atoms with van der Waals surface area (Å²) in [6.07, 6.45) is 1.70. The molecule has 0 amide bonds. The van der Waals surface area contributed by atoms with Gasteiger partial charge in [0.25, 0.3) is 0 Å². The summed E-state index contributed by atoms with van der Waals surface area (Å²) in [6, 6.07) is 5.92. The molecule has 0 unspecified atom stereocenters. The zero-order valence-corrected chi connectivity index (χ0v) is 12.2. The van der Waals surface area contributed by atoms with Crippen LogP contribution in [0.4, 0.5) is 0 Å². The van der Waals surface area contributed by atoms with Crippen LogP contribution in [0, 0.1) is 3.57 Å². The number of esters is 1. The summed E-state index contributed by atoms with van der Waals surface area (Å²) in [7, 11) is 0. The van der Waals surface area contributed by atoms with Crippen LogP contribution in [0.15, 0.2) is 24.4 Å². The van der Waals surface area contributed by atoms with Gasteiger partial charge in [-0.2, -0.15) is 0 Å². The van der Waals surface area contributed by atoms with Gasteiger partial charge in [-0.15, -0.1) is 0 Å². The van der Waals surface area contributed by atoms with Crippen molar-refractivity contribution >= 4 is 39.5 Å². The van der Waals surface area contributed by atoms with Gasteiger partial charge in [0.05, 0.1) is 5.56 Å². The maximum Gasteiger partial charge on any atom is 0.340 e. The Balaban J connectivity index is 2.40. The minimum absolute atomic E-state index is 0.287. The molecule has 0 aliphatic carbocycles. The van der Waals surface area contributed by atoms with Crippen LogP contribution in [0.3, 0.4) is 0 Å². The number of rotatable bonds is 1. The molecule has 0 saturated carbocycles. The normalized spacial score (nSPS) is 11.8. The SMILES string of the molecule is CC(C)(C)OC(=O)c1c[nH]c2cc(I)ccc12. The van der Waals surface area contributed by atoms with Gasteiger partial charge in [-0.1, -0.05) is 6.07 Å². The van der Waals surface area contributed by atoms with Crippen molar-refractivity contribution in [1.82, 2.24) is 4.98 Å². The molecule has 90 valence electrons. The average Bonchev–Trinajstić information content (AvgIpc) is 2.57. The maximum absolute atomic E-state index is 12.0. The molecule has 2 aromatic rings. The molecule has 1 aromatic heterocycles. The predicted molar refractivity (Wildman–Crippen MR) is 76.2 cm³/mol. The monoisotopic (exact) mass is 343 g/mol. The van der Waals surface area contributed by atoms with Gasteiger partial charge >= 0.3 is 5.97 Å². The standard InChI is InChI=1S/C13H14INO2/c1-13(2,3)17-12(16)10-7-15-11-6-8(14)4-5-9(10)11/h4-7,15H,1-3H3. The molecule has 0 atom stereocenters. The predicted octanol–water partition coefficient (Wildman–Crippen LogP) is 3.73. The fourth-order valence-electron chi connectivity index (χ4n) is 1.60. The van der Waals surface area contributed by atoms with E-state index in [1.54, 1.807) is 6.20 Å². The van der Waals surface area contributed by atoms with E-state index >= 15 is 0 Å². The first kappa shape index (κ1) is 12.4. The van der Waals surface area contributed by atoms with Crippen LogP contribution < -0.4 is 0 Å². The first-order valence-corrected chi connectivity index (χ1v) is 6.45. The van der Waals surface area contributed by atoms with Crippen LogP contribution in [0.5, 0.6) is 0 Å². The molecular weight excluding hydrogens is 329 g/mol.